The molecule has 0 spiro atoms. The molecule has 168 valence electrons. The van der Waals surface area contributed by atoms with E-state index in [1.807, 2.05) is 73.0 Å². The molecule has 2 N–H and O–H groups in total. The second kappa shape index (κ2) is 7.66. The minimum absolute atomic E-state index is 0.495. The van der Waals surface area contributed by atoms with Gasteiger partial charge in [-0.1, -0.05) is 0 Å². The highest BCUT2D eigenvalue weighted by atomic mass is 15.3. The number of anilines is 2. The number of hydrogen-bond donors (Lipinski definition) is 2. The third-order valence-electron chi connectivity index (χ3n) is 5.71. The van der Waals surface area contributed by atoms with Crippen LogP contribution < -0.4 is 5.32 Å². The summed E-state index contributed by atoms with van der Waals surface area (Å²) >= 11 is 0. The summed E-state index contributed by atoms with van der Waals surface area (Å²) in [7, 11) is 3.82. The Morgan fingerprint density at radius 1 is 1.00 bits per heavy atom. The van der Waals surface area contributed by atoms with Gasteiger partial charge >= 0.3 is 0 Å². The van der Waals surface area contributed by atoms with Crippen molar-refractivity contribution in [1.29, 1.82) is 0 Å². The molecule has 34 heavy (non-hydrogen) atoms. The Morgan fingerprint density at radius 2 is 1.85 bits per heavy atom. The zero-order valence-corrected chi connectivity index (χ0v) is 18.8. The van der Waals surface area contributed by atoms with Gasteiger partial charge in [-0.3, -0.25) is 14.8 Å². The molecule has 0 aliphatic heterocycles. The quantitative estimate of drug-likeness (QED) is 0.412. The van der Waals surface area contributed by atoms with E-state index in [4.69, 9.17) is 10.1 Å². The molecule has 0 aliphatic rings. The zero-order valence-electron chi connectivity index (χ0n) is 18.8. The summed E-state index contributed by atoms with van der Waals surface area (Å²) in [6, 6.07) is 7.77. The SMILES string of the molecule is Cc1c(-c2ccn(C)n2)cn2nc(-c3nccn3C)nc(Nc3cc(-c4ccncc4)[nH]n3)c12. The molecule has 0 aromatic carbocycles. The molecule has 6 heterocycles. The predicted octanol–water partition coefficient (Wildman–Crippen LogP) is 3.37. The summed E-state index contributed by atoms with van der Waals surface area (Å²) in [6.07, 6.45) is 11.0. The number of hydrogen-bond acceptors (Lipinski definition) is 7. The van der Waals surface area contributed by atoms with Crippen LogP contribution in [0.5, 0.6) is 0 Å². The fraction of sp³-hybridized carbons (Fsp3) is 0.130. The van der Waals surface area contributed by atoms with Crippen LogP contribution >= 0.6 is 0 Å². The smallest absolute Gasteiger partial charge is 0.218 e. The molecule has 6 aromatic rings. The molecule has 0 fully saturated rings. The van der Waals surface area contributed by atoms with Crippen LogP contribution in [0.2, 0.25) is 0 Å². The van der Waals surface area contributed by atoms with E-state index in [1.54, 1.807) is 23.3 Å². The Kier molecular flexibility index (Phi) is 4.47. The second-order valence-electron chi connectivity index (χ2n) is 8.01. The van der Waals surface area contributed by atoms with Crippen LogP contribution in [0.4, 0.5) is 11.6 Å². The minimum Gasteiger partial charge on any atom is -0.331 e. The van der Waals surface area contributed by atoms with E-state index in [-0.39, 0.29) is 0 Å². The maximum atomic E-state index is 4.84. The maximum Gasteiger partial charge on any atom is 0.218 e. The van der Waals surface area contributed by atoms with Crippen molar-refractivity contribution >= 4 is 17.2 Å². The van der Waals surface area contributed by atoms with Crippen LogP contribution in [-0.2, 0) is 14.1 Å². The molecule has 11 nitrogen and oxygen atoms in total. The number of imidazole rings is 1. The van der Waals surface area contributed by atoms with Crippen molar-refractivity contribution in [1.82, 2.24) is 49.1 Å². The largest absolute Gasteiger partial charge is 0.331 e. The highest BCUT2D eigenvalue weighted by molar-refractivity contribution is 5.84. The fourth-order valence-electron chi connectivity index (χ4n) is 4.00. The van der Waals surface area contributed by atoms with Gasteiger partial charge in [0.1, 0.15) is 5.52 Å². The van der Waals surface area contributed by atoms with Crippen LogP contribution in [0.15, 0.2) is 61.4 Å². The van der Waals surface area contributed by atoms with Crippen molar-refractivity contribution in [2.75, 3.05) is 5.32 Å². The van der Waals surface area contributed by atoms with E-state index >= 15 is 0 Å². The van der Waals surface area contributed by atoms with Gasteiger partial charge < -0.3 is 9.88 Å². The molecule has 6 rings (SSSR count). The molecule has 6 aromatic heterocycles. The van der Waals surface area contributed by atoms with Gasteiger partial charge in [0.05, 0.1) is 11.4 Å². The number of pyridine rings is 1. The van der Waals surface area contributed by atoms with E-state index in [0.717, 1.165) is 33.6 Å². The molecule has 0 saturated carbocycles. The summed E-state index contributed by atoms with van der Waals surface area (Å²) in [5, 5.41) is 20.2. The highest BCUT2D eigenvalue weighted by Crippen LogP contribution is 2.32. The van der Waals surface area contributed by atoms with Gasteiger partial charge in [-0.05, 0) is 30.7 Å². The normalized spacial score (nSPS) is 11.4. The van der Waals surface area contributed by atoms with Crippen LogP contribution in [0.3, 0.4) is 0 Å². The second-order valence-corrected chi connectivity index (χ2v) is 8.01. The van der Waals surface area contributed by atoms with Crippen molar-refractivity contribution < 1.29 is 0 Å². The topological polar surface area (TPSA) is 119 Å². The molecule has 0 amide bonds. The molecular formula is C23H21N11. The van der Waals surface area contributed by atoms with Gasteiger partial charge in [-0.15, -0.1) is 5.10 Å². The molecular weight excluding hydrogens is 430 g/mol. The van der Waals surface area contributed by atoms with Crippen molar-refractivity contribution in [2.24, 2.45) is 14.1 Å². The fourth-order valence-corrected chi connectivity index (χ4v) is 4.00. The number of aromatic nitrogens is 10. The first-order chi connectivity index (χ1) is 16.6. The molecule has 0 unspecified atom stereocenters. The number of rotatable bonds is 5. The monoisotopic (exact) mass is 451 g/mol. The predicted molar refractivity (Wildman–Crippen MR) is 127 cm³/mol. The Morgan fingerprint density at radius 3 is 2.59 bits per heavy atom. The summed E-state index contributed by atoms with van der Waals surface area (Å²) < 4.78 is 5.50. The Labute approximate surface area is 194 Å². The van der Waals surface area contributed by atoms with E-state index in [9.17, 15) is 0 Å². The molecule has 0 saturated heterocycles. The molecule has 0 aliphatic carbocycles. The molecule has 0 atom stereocenters. The number of nitrogens with one attached hydrogen (secondary N) is 2. The number of nitrogens with zero attached hydrogens (tertiary/aromatic N) is 9. The zero-order chi connectivity index (χ0) is 23.2. The standard InChI is InChI=1S/C23H21N11/c1-14-16(17-6-10-33(3)30-17)13-34-20(14)21(27-22(31-34)23-25-9-11-32(23)2)26-19-12-18(28-29-19)15-4-7-24-8-5-15/h4-13H,1-3H3,(H2,26,27,28,29,31). The summed E-state index contributed by atoms with van der Waals surface area (Å²) in [4.78, 5) is 13.3. The lowest BCUT2D eigenvalue weighted by molar-refractivity contribution is 0.770. The molecule has 0 radical (unpaired) electrons. The third-order valence-corrected chi connectivity index (χ3v) is 5.71. The first-order valence-electron chi connectivity index (χ1n) is 10.7. The van der Waals surface area contributed by atoms with Crippen LogP contribution in [-0.4, -0.2) is 49.1 Å². The van der Waals surface area contributed by atoms with Gasteiger partial charge in [0, 0.05) is 68.5 Å². The van der Waals surface area contributed by atoms with E-state index < -0.39 is 0 Å². The Bertz CT molecular complexity index is 1620. The first kappa shape index (κ1) is 19.9. The van der Waals surface area contributed by atoms with E-state index in [0.29, 0.717) is 23.3 Å². The minimum atomic E-state index is 0.495. The lowest BCUT2D eigenvalue weighted by Gasteiger charge is -2.09. The third kappa shape index (κ3) is 3.30. The van der Waals surface area contributed by atoms with Gasteiger partial charge in [0.25, 0.3) is 0 Å². The van der Waals surface area contributed by atoms with Gasteiger partial charge in [-0.25, -0.2) is 14.5 Å². The Balaban J connectivity index is 1.49. The highest BCUT2D eigenvalue weighted by Gasteiger charge is 2.20. The number of fused-ring (bicyclic) bond motifs is 1. The van der Waals surface area contributed by atoms with E-state index in [1.165, 1.54) is 0 Å². The summed E-state index contributed by atoms with van der Waals surface area (Å²) in [5.41, 5.74) is 5.57. The van der Waals surface area contributed by atoms with Crippen LogP contribution in [0, 0.1) is 6.92 Å². The first-order valence-corrected chi connectivity index (χ1v) is 10.7. The number of H-pyrrole nitrogens is 1. The maximum absolute atomic E-state index is 4.84. The Hall–Kier alpha value is -4.80. The lowest BCUT2D eigenvalue weighted by atomic mass is 10.1. The summed E-state index contributed by atoms with van der Waals surface area (Å²) in [5.74, 6) is 2.42. The molecule has 11 heteroatoms. The lowest BCUT2D eigenvalue weighted by Crippen LogP contribution is -2.06. The van der Waals surface area contributed by atoms with Crippen LogP contribution in [0.1, 0.15) is 5.56 Å². The molecule has 0 bridgehead atoms. The van der Waals surface area contributed by atoms with Crippen molar-refractivity contribution in [3.63, 3.8) is 0 Å². The average Bonchev–Trinajstić information content (AvgIpc) is 3.62. The van der Waals surface area contributed by atoms with Gasteiger partial charge in [0.2, 0.25) is 5.82 Å². The van der Waals surface area contributed by atoms with Crippen molar-refractivity contribution in [3.05, 3.63) is 67.0 Å². The van der Waals surface area contributed by atoms with Gasteiger partial charge in [-0.2, -0.15) is 10.2 Å². The van der Waals surface area contributed by atoms with Crippen molar-refractivity contribution in [3.8, 4) is 34.2 Å². The number of aryl methyl sites for hydroxylation is 3. The van der Waals surface area contributed by atoms with Crippen LogP contribution in [0.25, 0.3) is 39.7 Å². The van der Waals surface area contributed by atoms with E-state index in [2.05, 4.69) is 30.6 Å². The van der Waals surface area contributed by atoms with Crippen molar-refractivity contribution in [2.45, 2.75) is 6.92 Å². The van der Waals surface area contributed by atoms with Gasteiger partial charge in [0.15, 0.2) is 17.5 Å². The average molecular weight is 451 g/mol. The number of aromatic amines is 1. The summed E-state index contributed by atoms with van der Waals surface area (Å²) in [6.45, 7) is 2.04.